The van der Waals surface area contributed by atoms with E-state index in [9.17, 15) is 13.6 Å². The van der Waals surface area contributed by atoms with Crippen molar-refractivity contribution in [1.82, 2.24) is 19.6 Å². The van der Waals surface area contributed by atoms with Gasteiger partial charge in [-0.25, -0.2) is 18.3 Å². The number of hydrogen-bond donors (Lipinski definition) is 1. The number of halogens is 2. The van der Waals surface area contributed by atoms with Gasteiger partial charge in [0.15, 0.2) is 12.1 Å². The number of ether oxygens (including phenoxy) is 1. The van der Waals surface area contributed by atoms with Gasteiger partial charge >= 0.3 is 0 Å². The highest BCUT2D eigenvalue weighted by Crippen LogP contribution is 2.34. The molecule has 1 unspecified atom stereocenters. The number of anilines is 2. The Kier molecular flexibility index (Phi) is 4.27. The lowest BCUT2D eigenvalue weighted by atomic mass is 10.1. The third-order valence-electron chi connectivity index (χ3n) is 5.42. The zero-order valence-corrected chi connectivity index (χ0v) is 16.8. The first kappa shape index (κ1) is 19.2. The van der Waals surface area contributed by atoms with Gasteiger partial charge in [0.2, 0.25) is 5.76 Å². The van der Waals surface area contributed by atoms with Gasteiger partial charge in [-0.05, 0) is 32.0 Å². The predicted octanol–water partition coefficient (Wildman–Crippen LogP) is 1.99. The molecule has 1 amide bonds. The van der Waals surface area contributed by atoms with E-state index >= 15 is 0 Å². The van der Waals surface area contributed by atoms with Crippen molar-refractivity contribution in [1.29, 1.82) is 0 Å². The highest BCUT2D eigenvalue weighted by molar-refractivity contribution is 5.92. The summed E-state index contributed by atoms with van der Waals surface area (Å²) in [7, 11) is 0. The molecule has 160 valence electrons. The van der Waals surface area contributed by atoms with Gasteiger partial charge in [0.05, 0.1) is 42.4 Å². The molecule has 0 saturated carbocycles. The molecule has 0 radical (unpaired) electrons. The number of nitrogens with zero attached hydrogens (tertiary/aromatic N) is 6. The van der Waals surface area contributed by atoms with Crippen LogP contribution in [0.25, 0.3) is 17.2 Å². The first-order chi connectivity index (χ1) is 14.8. The van der Waals surface area contributed by atoms with Crippen molar-refractivity contribution in [3.05, 3.63) is 47.9 Å². The molecule has 1 aromatic carbocycles. The van der Waals surface area contributed by atoms with Crippen LogP contribution in [0.5, 0.6) is 0 Å². The summed E-state index contributed by atoms with van der Waals surface area (Å²) in [5, 5.41) is 4.36. The van der Waals surface area contributed by atoms with E-state index in [1.165, 1.54) is 10.6 Å². The molecule has 0 bridgehead atoms. The Balaban J connectivity index is 1.52. The van der Waals surface area contributed by atoms with Gasteiger partial charge in [-0.1, -0.05) is 0 Å². The third-order valence-corrected chi connectivity index (χ3v) is 5.42. The van der Waals surface area contributed by atoms with Gasteiger partial charge < -0.3 is 20.3 Å². The zero-order chi connectivity index (χ0) is 21.9. The second-order valence-corrected chi connectivity index (χ2v) is 7.52. The maximum absolute atomic E-state index is 14.7. The molecule has 1 fully saturated rings. The molecule has 11 heteroatoms. The van der Waals surface area contributed by atoms with Crippen LogP contribution < -0.4 is 15.5 Å². The molecule has 0 aliphatic carbocycles. The summed E-state index contributed by atoms with van der Waals surface area (Å²) in [6, 6.07) is 4.47. The minimum atomic E-state index is -0.844. The van der Waals surface area contributed by atoms with Gasteiger partial charge in [0.1, 0.15) is 12.0 Å². The van der Waals surface area contributed by atoms with E-state index in [1.807, 2.05) is 4.90 Å². The number of nitrogens with two attached hydrogens (primary N) is 1. The number of allylic oxidation sites excluding steroid dienone is 1. The number of aromatic nitrogens is 4. The second kappa shape index (κ2) is 6.89. The first-order valence-corrected chi connectivity index (χ1v) is 9.69. The SMILES string of the molecule is CC1=C(C(N)=O)OC(C)N1c1ccc(F)c(-c2nc3ncc(N4CC(F)C4)cn3n2)c1. The van der Waals surface area contributed by atoms with Crippen molar-refractivity contribution in [3.8, 4) is 11.4 Å². The number of alkyl halides is 1. The third kappa shape index (κ3) is 3.13. The van der Waals surface area contributed by atoms with Gasteiger partial charge in [-0.3, -0.25) is 4.79 Å². The average Bonchev–Trinajstić information content (AvgIpc) is 3.26. The fourth-order valence-electron chi connectivity index (χ4n) is 3.85. The van der Waals surface area contributed by atoms with Crippen molar-refractivity contribution in [3.63, 3.8) is 0 Å². The molecule has 2 N–H and O–H groups in total. The Bertz CT molecular complexity index is 1240. The number of fused-ring (bicyclic) bond motifs is 1. The summed E-state index contributed by atoms with van der Waals surface area (Å²) < 4.78 is 34.8. The Morgan fingerprint density at radius 3 is 2.74 bits per heavy atom. The highest BCUT2D eigenvalue weighted by Gasteiger charge is 2.32. The quantitative estimate of drug-likeness (QED) is 0.679. The predicted molar refractivity (Wildman–Crippen MR) is 108 cm³/mol. The molecular formula is C20H19F2N7O2. The summed E-state index contributed by atoms with van der Waals surface area (Å²) >= 11 is 0. The lowest BCUT2D eigenvalue weighted by Crippen LogP contribution is -2.48. The van der Waals surface area contributed by atoms with Crippen molar-refractivity contribution in [2.45, 2.75) is 26.2 Å². The summed E-state index contributed by atoms with van der Waals surface area (Å²) in [5.74, 6) is -0.652. The van der Waals surface area contributed by atoms with Crippen LogP contribution in [0.3, 0.4) is 0 Å². The standard InChI is InChI=1S/C20H19F2N7O2/c1-10-17(18(23)30)31-11(2)29(10)13-3-4-16(22)15(5-13)19-25-20-24-6-14(9-28(20)26-19)27-7-12(21)8-27/h3-6,9,11-12H,7-8H2,1-2H3,(H2,23,30). The van der Waals surface area contributed by atoms with Crippen LogP contribution in [0.15, 0.2) is 42.0 Å². The maximum atomic E-state index is 14.7. The number of carbonyl (C=O) groups is 1. The van der Waals surface area contributed by atoms with E-state index in [0.29, 0.717) is 30.3 Å². The van der Waals surface area contributed by atoms with Crippen LogP contribution in [0.1, 0.15) is 13.8 Å². The number of amides is 1. The molecule has 31 heavy (non-hydrogen) atoms. The van der Waals surface area contributed by atoms with Gasteiger partial charge in [0, 0.05) is 5.69 Å². The number of rotatable bonds is 4. The molecule has 9 nitrogen and oxygen atoms in total. The number of hydrogen-bond acceptors (Lipinski definition) is 7. The van der Waals surface area contributed by atoms with E-state index in [-0.39, 0.29) is 17.1 Å². The lowest BCUT2D eigenvalue weighted by Gasteiger charge is -2.35. The van der Waals surface area contributed by atoms with Gasteiger partial charge in [-0.15, -0.1) is 5.10 Å². The summed E-state index contributed by atoms with van der Waals surface area (Å²) in [6.07, 6.45) is 1.95. The smallest absolute Gasteiger partial charge is 0.285 e. The molecule has 5 rings (SSSR count). The first-order valence-electron chi connectivity index (χ1n) is 9.69. The van der Waals surface area contributed by atoms with E-state index in [2.05, 4.69) is 15.1 Å². The van der Waals surface area contributed by atoms with Crippen LogP contribution in [-0.2, 0) is 9.53 Å². The van der Waals surface area contributed by atoms with E-state index in [0.717, 1.165) is 5.69 Å². The summed E-state index contributed by atoms with van der Waals surface area (Å²) in [6.45, 7) is 4.08. The molecule has 3 aromatic rings. The highest BCUT2D eigenvalue weighted by atomic mass is 19.1. The molecular weight excluding hydrogens is 408 g/mol. The summed E-state index contributed by atoms with van der Waals surface area (Å²) in [5.41, 5.74) is 7.39. The van der Waals surface area contributed by atoms with Crippen LogP contribution in [-0.4, -0.2) is 51.0 Å². The molecule has 2 aliphatic rings. The van der Waals surface area contributed by atoms with E-state index < -0.39 is 24.1 Å². The molecule has 0 spiro atoms. The Labute approximate surface area is 175 Å². The van der Waals surface area contributed by atoms with Crippen LogP contribution in [0, 0.1) is 5.82 Å². The molecule has 1 saturated heterocycles. The van der Waals surface area contributed by atoms with Crippen molar-refractivity contribution in [2.75, 3.05) is 22.9 Å². The number of carbonyl (C=O) groups excluding carboxylic acids is 1. The Morgan fingerprint density at radius 1 is 1.29 bits per heavy atom. The molecule has 2 aliphatic heterocycles. The van der Waals surface area contributed by atoms with Crippen LogP contribution >= 0.6 is 0 Å². The number of benzene rings is 1. The molecule has 1 atom stereocenters. The zero-order valence-electron chi connectivity index (χ0n) is 16.8. The van der Waals surface area contributed by atoms with Gasteiger partial charge in [0.25, 0.3) is 11.7 Å². The fourth-order valence-corrected chi connectivity index (χ4v) is 3.85. The maximum Gasteiger partial charge on any atom is 0.285 e. The minimum absolute atomic E-state index is 0.0717. The molecule has 4 heterocycles. The topological polar surface area (TPSA) is 102 Å². The molecule has 2 aromatic heterocycles. The fraction of sp³-hybridized carbons (Fsp3) is 0.300. The van der Waals surface area contributed by atoms with Crippen LogP contribution in [0.4, 0.5) is 20.2 Å². The van der Waals surface area contributed by atoms with Crippen molar-refractivity contribution >= 4 is 23.1 Å². The Hall–Kier alpha value is -3.76. The van der Waals surface area contributed by atoms with Crippen molar-refractivity contribution < 1.29 is 18.3 Å². The lowest BCUT2D eigenvalue weighted by molar-refractivity contribution is -0.118. The monoisotopic (exact) mass is 427 g/mol. The van der Waals surface area contributed by atoms with Crippen LogP contribution in [0.2, 0.25) is 0 Å². The van der Waals surface area contributed by atoms with Crippen molar-refractivity contribution in [2.24, 2.45) is 5.73 Å². The van der Waals surface area contributed by atoms with E-state index in [1.54, 1.807) is 43.3 Å². The summed E-state index contributed by atoms with van der Waals surface area (Å²) in [4.78, 5) is 23.7. The Morgan fingerprint density at radius 2 is 2.06 bits per heavy atom. The average molecular weight is 427 g/mol. The number of primary amides is 1. The largest absolute Gasteiger partial charge is 0.463 e. The second-order valence-electron chi connectivity index (χ2n) is 7.52. The van der Waals surface area contributed by atoms with E-state index in [4.69, 9.17) is 10.5 Å². The minimum Gasteiger partial charge on any atom is -0.463 e. The normalized spacial score (nSPS) is 19.2. The van der Waals surface area contributed by atoms with Gasteiger partial charge in [-0.2, -0.15) is 4.98 Å².